The molecule has 0 aliphatic heterocycles. The predicted molar refractivity (Wildman–Crippen MR) is 60.1 cm³/mol. The Hall–Kier alpha value is -0.520. The molecule has 0 saturated carbocycles. The van der Waals surface area contributed by atoms with Crippen LogP contribution in [0.4, 0.5) is 0 Å². The molecule has 0 aliphatic rings. The van der Waals surface area contributed by atoms with Crippen LogP contribution in [0.5, 0.6) is 0 Å². The number of carboxylic acid groups (broad SMARTS) is 1. The summed E-state index contributed by atoms with van der Waals surface area (Å²) in [5.74, 6) is -1.38. The van der Waals surface area contributed by atoms with Crippen LogP contribution in [0, 0.1) is 0 Å². The summed E-state index contributed by atoms with van der Waals surface area (Å²) in [6.07, 6.45) is 0.294. The van der Waals surface area contributed by atoms with Crippen molar-refractivity contribution in [1.29, 1.82) is 0 Å². The van der Waals surface area contributed by atoms with Crippen molar-refractivity contribution in [2.45, 2.75) is 38.6 Å². The number of rotatable bonds is 7. The molecule has 0 aliphatic carbocycles. The second-order valence-corrected chi connectivity index (χ2v) is 4.80. The van der Waals surface area contributed by atoms with E-state index in [0.717, 1.165) is 3.94 Å². The van der Waals surface area contributed by atoms with Gasteiger partial charge in [-0.1, -0.05) is 0 Å². The van der Waals surface area contributed by atoms with Crippen molar-refractivity contribution in [3.63, 3.8) is 0 Å². The van der Waals surface area contributed by atoms with Gasteiger partial charge >= 0.3 is 11.9 Å². The molecule has 0 aromatic rings. The number of esters is 1. The van der Waals surface area contributed by atoms with Gasteiger partial charge in [0.1, 0.15) is 6.61 Å². The molecule has 0 rings (SSSR count). The Labute approximate surface area is 104 Å². The Kier molecular flexibility index (Phi) is 6.71. The average molecular weight is 272 g/mol. The summed E-state index contributed by atoms with van der Waals surface area (Å²) in [6.45, 7) is 3.46. The molecule has 0 heterocycles. The molecule has 0 radical (unpaired) electrons. The fourth-order valence-electron chi connectivity index (χ4n) is 0.762. The van der Waals surface area contributed by atoms with E-state index in [9.17, 15) is 9.59 Å². The van der Waals surface area contributed by atoms with E-state index in [0.29, 0.717) is 0 Å². The second kappa shape index (κ2) is 6.93. The van der Waals surface area contributed by atoms with Crippen LogP contribution in [0.25, 0.3) is 0 Å². The number of carbonyl (C=O) groups is 2. The second-order valence-electron chi connectivity index (χ2n) is 3.95. The monoisotopic (exact) mass is 271 g/mol. The summed E-state index contributed by atoms with van der Waals surface area (Å²) in [4.78, 5) is 21.4. The van der Waals surface area contributed by atoms with Crippen LogP contribution >= 0.6 is 23.6 Å². The maximum Gasteiger partial charge on any atom is 0.305 e. The van der Waals surface area contributed by atoms with Gasteiger partial charge in [0.15, 0.2) is 0 Å². The van der Waals surface area contributed by atoms with Gasteiger partial charge in [0.2, 0.25) is 0 Å². The molecule has 0 aromatic carbocycles. The van der Waals surface area contributed by atoms with E-state index >= 15 is 0 Å². The van der Waals surface area contributed by atoms with Gasteiger partial charge in [-0.2, -0.15) is 0 Å². The fraction of sp³-hybridized carbons (Fsp3) is 0.778. The maximum absolute atomic E-state index is 11.2. The van der Waals surface area contributed by atoms with Crippen LogP contribution in [0.2, 0.25) is 0 Å². The van der Waals surface area contributed by atoms with E-state index in [1.165, 1.54) is 0 Å². The lowest BCUT2D eigenvalue weighted by atomic mass is 10.1. The van der Waals surface area contributed by atoms with Crippen molar-refractivity contribution in [3.8, 4) is 0 Å². The first-order chi connectivity index (χ1) is 7.25. The number of carbonyl (C=O) groups excluding carboxylic acids is 1. The highest BCUT2D eigenvalue weighted by atomic mass is 35.5. The molecule has 5 nitrogen and oxygen atoms in total. The van der Waals surface area contributed by atoms with Gasteiger partial charge in [-0.05, 0) is 43.8 Å². The van der Waals surface area contributed by atoms with Crippen LogP contribution in [-0.2, 0) is 14.3 Å². The Balaban J connectivity index is 3.77. The first-order valence-electron chi connectivity index (χ1n) is 4.75. The highest BCUT2D eigenvalue weighted by Gasteiger charge is 2.26. The number of ether oxygens (including phenoxy) is 1. The largest absolute Gasteiger partial charge is 0.481 e. The summed E-state index contributed by atoms with van der Waals surface area (Å²) in [7, 11) is 0. The summed E-state index contributed by atoms with van der Waals surface area (Å²) in [6, 6.07) is 0. The van der Waals surface area contributed by atoms with Gasteiger partial charge in [-0.25, -0.2) is 0 Å². The number of nitrogens with zero attached hydrogens (tertiary/aromatic N) is 1. The average Bonchev–Trinajstić information content (AvgIpc) is 2.14. The molecule has 0 atom stereocenters. The van der Waals surface area contributed by atoms with E-state index in [2.05, 4.69) is 0 Å². The molecule has 94 valence electrons. The molecule has 1 N–H and O–H groups in total. The van der Waals surface area contributed by atoms with E-state index in [1.807, 2.05) is 0 Å². The first-order valence-corrected chi connectivity index (χ1v) is 5.42. The third kappa shape index (κ3) is 6.87. The van der Waals surface area contributed by atoms with Crippen molar-refractivity contribution in [1.82, 2.24) is 3.94 Å². The lowest BCUT2D eigenvalue weighted by Gasteiger charge is -2.26. The van der Waals surface area contributed by atoms with Crippen molar-refractivity contribution in [2.24, 2.45) is 0 Å². The van der Waals surface area contributed by atoms with Crippen LogP contribution in [0.3, 0.4) is 0 Å². The zero-order valence-electron chi connectivity index (χ0n) is 9.20. The van der Waals surface area contributed by atoms with Crippen molar-refractivity contribution >= 4 is 35.5 Å². The van der Waals surface area contributed by atoms with E-state index in [-0.39, 0.29) is 25.9 Å². The smallest absolute Gasteiger partial charge is 0.305 e. The van der Waals surface area contributed by atoms with Crippen molar-refractivity contribution < 1.29 is 19.4 Å². The molecule has 0 spiro atoms. The summed E-state index contributed by atoms with van der Waals surface area (Å²) >= 11 is 11.1. The minimum absolute atomic E-state index is 0.0460. The molecule has 0 bridgehead atoms. The van der Waals surface area contributed by atoms with Crippen molar-refractivity contribution in [3.05, 3.63) is 0 Å². The van der Waals surface area contributed by atoms with E-state index in [1.54, 1.807) is 13.8 Å². The Morgan fingerprint density at radius 2 is 1.88 bits per heavy atom. The minimum atomic E-state index is -0.930. The van der Waals surface area contributed by atoms with Crippen LogP contribution < -0.4 is 0 Å². The summed E-state index contributed by atoms with van der Waals surface area (Å²) < 4.78 is 5.82. The Bertz CT molecular complexity index is 256. The SMILES string of the molecule is CC(C)(COC(=O)CCCC(=O)O)N(Cl)Cl. The van der Waals surface area contributed by atoms with Gasteiger partial charge in [0, 0.05) is 12.8 Å². The molecule has 0 saturated heterocycles. The van der Waals surface area contributed by atoms with Crippen LogP contribution in [0.15, 0.2) is 0 Å². The van der Waals surface area contributed by atoms with Gasteiger partial charge < -0.3 is 9.84 Å². The molecule has 0 aromatic heterocycles. The molecule has 7 heteroatoms. The van der Waals surface area contributed by atoms with Crippen molar-refractivity contribution in [2.75, 3.05) is 6.61 Å². The fourth-order valence-corrected chi connectivity index (χ4v) is 0.860. The molecule has 16 heavy (non-hydrogen) atoms. The zero-order chi connectivity index (χ0) is 12.8. The number of carboxylic acids is 1. The number of hydrogen-bond donors (Lipinski definition) is 1. The maximum atomic E-state index is 11.2. The van der Waals surface area contributed by atoms with Crippen LogP contribution in [0.1, 0.15) is 33.1 Å². The van der Waals surface area contributed by atoms with Gasteiger partial charge in [0.05, 0.1) is 5.54 Å². The lowest BCUT2D eigenvalue weighted by Crippen LogP contribution is -2.37. The molecule has 0 unspecified atom stereocenters. The molecule has 0 fully saturated rings. The third-order valence-corrected chi connectivity index (χ3v) is 2.73. The molecule has 0 amide bonds. The summed E-state index contributed by atoms with van der Waals surface area (Å²) in [5.41, 5.74) is -0.675. The standard InChI is InChI=1S/C9H15Cl2NO4/c1-9(2,12(10)11)6-16-8(15)5-3-4-7(13)14/h3-6H2,1-2H3,(H,13,14). The number of aliphatic carboxylic acids is 1. The van der Waals surface area contributed by atoms with E-state index in [4.69, 9.17) is 33.4 Å². The van der Waals surface area contributed by atoms with Crippen LogP contribution in [-0.4, -0.2) is 33.1 Å². The van der Waals surface area contributed by atoms with E-state index < -0.39 is 17.5 Å². The molecular weight excluding hydrogens is 257 g/mol. The van der Waals surface area contributed by atoms with Gasteiger partial charge in [-0.15, -0.1) is 3.94 Å². The Morgan fingerprint density at radius 3 is 2.31 bits per heavy atom. The first kappa shape index (κ1) is 15.5. The zero-order valence-corrected chi connectivity index (χ0v) is 10.7. The third-order valence-electron chi connectivity index (χ3n) is 1.82. The lowest BCUT2D eigenvalue weighted by molar-refractivity contribution is -0.146. The quantitative estimate of drug-likeness (QED) is 0.568. The summed E-state index contributed by atoms with van der Waals surface area (Å²) in [5, 5.41) is 8.36. The predicted octanol–water partition coefficient (Wildman–Crippen LogP) is 2.17. The normalized spacial score (nSPS) is 11.6. The minimum Gasteiger partial charge on any atom is -0.481 e. The Morgan fingerprint density at radius 1 is 1.31 bits per heavy atom. The van der Waals surface area contributed by atoms with Gasteiger partial charge in [0.25, 0.3) is 0 Å². The number of halogens is 2. The number of hydrogen-bond acceptors (Lipinski definition) is 4. The van der Waals surface area contributed by atoms with Gasteiger partial charge in [-0.3, -0.25) is 9.59 Å². The molecular formula is C9H15Cl2NO4. The topological polar surface area (TPSA) is 66.8 Å². The highest BCUT2D eigenvalue weighted by molar-refractivity contribution is 6.34. The highest BCUT2D eigenvalue weighted by Crippen LogP contribution is 2.20.